The van der Waals surface area contributed by atoms with Crippen LogP contribution in [0, 0.1) is 5.41 Å². The van der Waals surface area contributed by atoms with Gasteiger partial charge in [-0.05, 0) is 61.6 Å². The summed E-state index contributed by atoms with van der Waals surface area (Å²) in [5.74, 6) is -0.236. The van der Waals surface area contributed by atoms with Crippen molar-refractivity contribution in [2.75, 3.05) is 6.26 Å². The lowest BCUT2D eigenvalue weighted by atomic mass is 9.62. The second-order valence-corrected chi connectivity index (χ2v) is 8.22. The Morgan fingerprint density at radius 2 is 2.23 bits per heavy atom. The van der Waals surface area contributed by atoms with Gasteiger partial charge in [-0.15, -0.1) is 0 Å². The molecule has 0 aromatic carbocycles. The number of cyclic esters (lactones) is 1. The standard InChI is InChI=1S/C17H26O3S2/c1-5-6-8-13-17(20-15(21)22-4)10-7-9-16(2,3)12(17)11-14(18)19-13/h11,13H,5-10H2,1-4H3/t13-,17-/m0/s1. The quantitative estimate of drug-likeness (QED) is 0.549. The summed E-state index contributed by atoms with van der Waals surface area (Å²) in [7, 11) is 0. The van der Waals surface area contributed by atoms with Crippen LogP contribution in [0.15, 0.2) is 11.6 Å². The van der Waals surface area contributed by atoms with E-state index in [1.807, 2.05) is 6.26 Å². The van der Waals surface area contributed by atoms with Gasteiger partial charge in [0.25, 0.3) is 0 Å². The van der Waals surface area contributed by atoms with Gasteiger partial charge in [-0.25, -0.2) is 4.79 Å². The van der Waals surface area contributed by atoms with E-state index in [4.69, 9.17) is 21.7 Å². The Morgan fingerprint density at radius 1 is 1.50 bits per heavy atom. The smallest absolute Gasteiger partial charge is 0.331 e. The predicted octanol–water partition coefficient (Wildman–Crippen LogP) is 4.64. The third-order valence-corrected chi connectivity index (χ3v) is 5.83. The van der Waals surface area contributed by atoms with Gasteiger partial charge in [0.15, 0.2) is 5.60 Å². The number of carbonyl (C=O) groups is 1. The summed E-state index contributed by atoms with van der Waals surface area (Å²) in [5.41, 5.74) is 0.446. The minimum absolute atomic E-state index is 0.0593. The lowest BCUT2D eigenvalue weighted by Gasteiger charge is -2.52. The maximum atomic E-state index is 12.1. The van der Waals surface area contributed by atoms with E-state index in [9.17, 15) is 4.79 Å². The zero-order chi connectivity index (χ0) is 16.4. The fourth-order valence-electron chi connectivity index (χ4n) is 3.72. The van der Waals surface area contributed by atoms with Crippen molar-refractivity contribution in [1.82, 2.24) is 0 Å². The molecule has 1 heterocycles. The third-order valence-electron chi connectivity index (χ3n) is 4.83. The molecule has 0 unspecified atom stereocenters. The van der Waals surface area contributed by atoms with Crippen LogP contribution in [0.4, 0.5) is 0 Å². The average molecular weight is 343 g/mol. The molecule has 0 bridgehead atoms. The number of fused-ring (bicyclic) bond motifs is 1. The van der Waals surface area contributed by atoms with Crippen molar-refractivity contribution in [3.8, 4) is 0 Å². The van der Waals surface area contributed by atoms with Crippen LogP contribution in [-0.2, 0) is 14.3 Å². The fourth-order valence-corrected chi connectivity index (χ4v) is 4.10. The van der Waals surface area contributed by atoms with Gasteiger partial charge < -0.3 is 9.47 Å². The first-order chi connectivity index (χ1) is 10.4. The average Bonchev–Trinajstić information content (AvgIpc) is 2.46. The Balaban J connectivity index is 2.45. The van der Waals surface area contributed by atoms with Gasteiger partial charge >= 0.3 is 5.97 Å². The molecule has 0 amide bonds. The van der Waals surface area contributed by atoms with Crippen LogP contribution in [0.3, 0.4) is 0 Å². The van der Waals surface area contributed by atoms with Gasteiger partial charge in [0, 0.05) is 6.08 Å². The largest absolute Gasteiger partial charge is 0.463 e. The molecule has 1 fully saturated rings. The summed E-state index contributed by atoms with van der Waals surface area (Å²) in [6, 6.07) is 0. The first-order valence-electron chi connectivity index (χ1n) is 8.06. The topological polar surface area (TPSA) is 35.5 Å². The number of esters is 1. The normalized spacial score (nSPS) is 30.1. The Bertz CT molecular complexity index is 484. The first kappa shape index (κ1) is 17.8. The summed E-state index contributed by atoms with van der Waals surface area (Å²) in [4.78, 5) is 12.1. The minimum Gasteiger partial charge on any atom is -0.463 e. The SMILES string of the molecule is CCCC[C@@H]1OC(=O)C=C2C(C)(C)CCC[C@]21OC(=S)SC. The molecule has 22 heavy (non-hydrogen) atoms. The third kappa shape index (κ3) is 3.35. The molecule has 2 atom stereocenters. The highest BCUT2D eigenvalue weighted by Crippen LogP contribution is 2.52. The molecule has 0 spiro atoms. The Morgan fingerprint density at radius 3 is 2.86 bits per heavy atom. The molecule has 1 saturated carbocycles. The van der Waals surface area contributed by atoms with Crippen molar-refractivity contribution in [2.45, 2.75) is 71.0 Å². The monoisotopic (exact) mass is 342 g/mol. The summed E-state index contributed by atoms with van der Waals surface area (Å²) in [5, 5.41) is 0. The highest BCUT2D eigenvalue weighted by Gasteiger charge is 2.55. The van der Waals surface area contributed by atoms with Gasteiger partial charge in [-0.2, -0.15) is 0 Å². The van der Waals surface area contributed by atoms with Crippen LogP contribution in [0.1, 0.15) is 59.3 Å². The van der Waals surface area contributed by atoms with E-state index in [1.165, 1.54) is 11.8 Å². The molecule has 5 heteroatoms. The zero-order valence-electron chi connectivity index (χ0n) is 13.9. The van der Waals surface area contributed by atoms with Crippen LogP contribution in [0.25, 0.3) is 0 Å². The predicted molar refractivity (Wildman–Crippen MR) is 95.0 cm³/mol. The number of unbranched alkanes of at least 4 members (excludes halogenated alkanes) is 1. The highest BCUT2D eigenvalue weighted by atomic mass is 32.2. The lowest BCUT2D eigenvalue weighted by molar-refractivity contribution is -0.163. The van der Waals surface area contributed by atoms with E-state index in [0.29, 0.717) is 4.38 Å². The van der Waals surface area contributed by atoms with E-state index in [0.717, 1.165) is 44.1 Å². The number of thiocarbonyl (C=S) groups is 1. The van der Waals surface area contributed by atoms with E-state index in [-0.39, 0.29) is 17.5 Å². The number of rotatable bonds is 4. The van der Waals surface area contributed by atoms with Crippen LogP contribution in [0.5, 0.6) is 0 Å². The maximum absolute atomic E-state index is 12.1. The van der Waals surface area contributed by atoms with Gasteiger partial charge in [-0.1, -0.05) is 39.0 Å². The summed E-state index contributed by atoms with van der Waals surface area (Å²) in [6.07, 6.45) is 9.24. The maximum Gasteiger partial charge on any atom is 0.331 e. The molecule has 1 aliphatic heterocycles. The van der Waals surface area contributed by atoms with Gasteiger partial charge in [0.2, 0.25) is 4.38 Å². The van der Waals surface area contributed by atoms with Crippen LogP contribution in [-0.4, -0.2) is 28.3 Å². The van der Waals surface area contributed by atoms with Crippen LogP contribution < -0.4 is 0 Å². The Labute approximate surface area is 143 Å². The molecular weight excluding hydrogens is 316 g/mol. The van der Waals surface area contributed by atoms with E-state index >= 15 is 0 Å². The number of hydrogen-bond acceptors (Lipinski definition) is 5. The molecule has 0 N–H and O–H groups in total. The number of hydrogen-bond donors (Lipinski definition) is 0. The van der Waals surface area contributed by atoms with E-state index < -0.39 is 5.60 Å². The van der Waals surface area contributed by atoms with Crippen molar-refractivity contribution in [3.05, 3.63) is 11.6 Å². The van der Waals surface area contributed by atoms with Crippen LogP contribution in [0.2, 0.25) is 0 Å². The van der Waals surface area contributed by atoms with Crippen LogP contribution >= 0.6 is 24.0 Å². The first-order valence-corrected chi connectivity index (χ1v) is 9.69. The van der Waals surface area contributed by atoms with Crippen molar-refractivity contribution < 1.29 is 14.3 Å². The number of ether oxygens (including phenoxy) is 2. The fraction of sp³-hybridized carbons (Fsp3) is 0.765. The molecule has 0 aromatic rings. The molecule has 0 radical (unpaired) electrons. The second kappa shape index (κ2) is 6.91. The van der Waals surface area contributed by atoms with Gasteiger partial charge in [0.1, 0.15) is 6.10 Å². The highest BCUT2D eigenvalue weighted by molar-refractivity contribution is 8.22. The number of thioether (sulfide) groups is 1. The second-order valence-electron chi connectivity index (χ2n) is 6.81. The van der Waals surface area contributed by atoms with Crippen molar-refractivity contribution in [3.63, 3.8) is 0 Å². The van der Waals surface area contributed by atoms with E-state index in [1.54, 1.807) is 6.08 Å². The van der Waals surface area contributed by atoms with Crippen molar-refractivity contribution in [2.24, 2.45) is 5.41 Å². The minimum atomic E-state index is -0.565. The molecule has 3 nitrogen and oxygen atoms in total. The molecular formula is C17H26O3S2. The Hall–Kier alpha value is -0.550. The molecule has 2 rings (SSSR count). The molecule has 2 aliphatic rings. The van der Waals surface area contributed by atoms with Gasteiger partial charge in [0.05, 0.1) is 0 Å². The summed E-state index contributed by atoms with van der Waals surface area (Å²) in [6.45, 7) is 6.52. The van der Waals surface area contributed by atoms with Crippen molar-refractivity contribution >= 4 is 34.3 Å². The summed E-state index contributed by atoms with van der Waals surface area (Å²) >= 11 is 6.78. The Kier molecular flexibility index (Phi) is 5.59. The number of carbonyl (C=O) groups excluding carboxylic acids is 1. The molecule has 0 aromatic heterocycles. The molecule has 0 saturated heterocycles. The lowest BCUT2D eigenvalue weighted by Crippen LogP contribution is -2.57. The van der Waals surface area contributed by atoms with Crippen molar-refractivity contribution in [1.29, 1.82) is 0 Å². The molecule has 124 valence electrons. The zero-order valence-corrected chi connectivity index (χ0v) is 15.6. The summed E-state index contributed by atoms with van der Waals surface area (Å²) < 4.78 is 12.5. The van der Waals surface area contributed by atoms with E-state index in [2.05, 4.69) is 20.8 Å². The molecule has 1 aliphatic carbocycles. The van der Waals surface area contributed by atoms with Gasteiger partial charge in [-0.3, -0.25) is 0 Å².